The molecule has 0 bridgehead atoms. The molecule has 47 heavy (non-hydrogen) atoms. The van der Waals surface area contributed by atoms with Crippen molar-refractivity contribution >= 4 is 87.4 Å². The summed E-state index contributed by atoms with van der Waals surface area (Å²) in [5, 5.41) is 11.0. The van der Waals surface area contributed by atoms with Gasteiger partial charge in [-0.3, -0.25) is 0 Å². The summed E-state index contributed by atoms with van der Waals surface area (Å²) < 4.78 is 20.0. The second kappa shape index (κ2) is 9.12. The normalized spacial score (nSPS) is 12.3. The van der Waals surface area contributed by atoms with E-state index in [4.69, 9.17) is 13.3 Å². The van der Waals surface area contributed by atoms with Gasteiger partial charge in [0, 0.05) is 26.9 Å². The van der Waals surface area contributed by atoms with Crippen molar-refractivity contribution in [3.63, 3.8) is 0 Å². The Morgan fingerprint density at radius 2 is 0.702 bits per heavy atom. The number of para-hydroxylation sites is 2. The standard InChI is InChI=1S/C44H24O3/c1-2-12-25(13-3-1)37-27-14-4-6-16-29(27)38(30-17-7-5-15-28(30)37)26-22-23-33-36(24-26)47-44-41(33)42-39(31-18-8-10-20-34(31)45-42)40-32-19-9-11-21-35(32)46-43(40)44/h1-24H. The third-order valence-electron chi connectivity index (χ3n) is 9.85. The molecular weight excluding hydrogens is 576 g/mol. The van der Waals surface area contributed by atoms with Gasteiger partial charge in [-0.25, -0.2) is 0 Å². The minimum Gasteiger partial charge on any atom is -0.455 e. The number of hydrogen-bond acceptors (Lipinski definition) is 3. The van der Waals surface area contributed by atoms with Gasteiger partial charge in [0.05, 0.1) is 5.39 Å². The summed E-state index contributed by atoms with van der Waals surface area (Å²) in [6, 6.07) is 51.2. The second-order valence-electron chi connectivity index (χ2n) is 12.3. The number of rotatable bonds is 2. The number of furan rings is 3. The van der Waals surface area contributed by atoms with Crippen LogP contribution in [0, 0.1) is 0 Å². The van der Waals surface area contributed by atoms with Gasteiger partial charge in [-0.05, 0) is 68.1 Å². The first-order valence-corrected chi connectivity index (χ1v) is 15.9. The zero-order valence-electron chi connectivity index (χ0n) is 25.1. The predicted molar refractivity (Wildman–Crippen MR) is 194 cm³/mol. The van der Waals surface area contributed by atoms with Gasteiger partial charge in [0.1, 0.15) is 22.3 Å². The quantitative estimate of drug-likeness (QED) is 0.185. The van der Waals surface area contributed by atoms with E-state index < -0.39 is 0 Å². The molecule has 0 spiro atoms. The summed E-state index contributed by atoms with van der Waals surface area (Å²) in [5.74, 6) is 0. The van der Waals surface area contributed by atoms with E-state index in [-0.39, 0.29) is 0 Å². The number of hydrogen-bond donors (Lipinski definition) is 0. The Bertz CT molecular complexity index is 3010. The summed E-state index contributed by atoms with van der Waals surface area (Å²) >= 11 is 0. The SMILES string of the molecule is c1ccc(-c2c3ccccc3c(-c3ccc4c(c3)oc3c5oc6ccccc6c5c5c6ccccc6oc5c43)c3ccccc23)cc1. The molecule has 3 heterocycles. The monoisotopic (exact) mass is 600 g/mol. The van der Waals surface area contributed by atoms with Gasteiger partial charge in [-0.15, -0.1) is 0 Å². The summed E-state index contributed by atoms with van der Waals surface area (Å²) in [5.41, 5.74) is 9.54. The van der Waals surface area contributed by atoms with Crippen LogP contribution < -0.4 is 0 Å². The zero-order valence-corrected chi connectivity index (χ0v) is 25.1. The van der Waals surface area contributed by atoms with Gasteiger partial charge < -0.3 is 13.3 Å². The minimum atomic E-state index is 0.712. The molecule has 0 fully saturated rings. The molecule has 0 aliphatic heterocycles. The highest BCUT2D eigenvalue weighted by atomic mass is 16.4. The average Bonchev–Trinajstić information content (AvgIpc) is 3.82. The van der Waals surface area contributed by atoms with Crippen LogP contribution in [-0.4, -0.2) is 0 Å². The van der Waals surface area contributed by atoms with Crippen molar-refractivity contribution in [2.75, 3.05) is 0 Å². The highest BCUT2D eigenvalue weighted by Crippen LogP contribution is 2.49. The molecule has 0 amide bonds. The Balaban J connectivity index is 1.27. The van der Waals surface area contributed by atoms with Crippen molar-refractivity contribution < 1.29 is 13.3 Å². The molecule has 0 aliphatic carbocycles. The lowest BCUT2D eigenvalue weighted by Gasteiger charge is -2.17. The third-order valence-corrected chi connectivity index (χ3v) is 9.85. The van der Waals surface area contributed by atoms with Crippen LogP contribution >= 0.6 is 0 Å². The van der Waals surface area contributed by atoms with Crippen molar-refractivity contribution in [2.45, 2.75) is 0 Å². The lowest BCUT2D eigenvalue weighted by atomic mass is 9.86. The Hall–Kier alpha value is -6.32. The van der Waals surface area contributed by atoms with Crippen molar-refractivity contribution in [3.05, 3.63) is 146 Å². The average molecular weight is 601 g/mol. The van der Waals surface area contributed by atoms with E-state index in [1.54, 1.807) is 0 Å². The smallest absolute Gasteiger partial charge is 0.182 e. The van der Waals surface area contributed by atoms with Crippen molar-refractivity contribution in [3.8, 4) is 22.3 Å². The molecular formula is C44H24O3. The van der Waals surface area contributed by atoms with Crippen molar-refractivity contribution in [1.29, 1.82) is 0 Å². The Morgan fingerprint density at radius 1 is 0.277 bits per heavy atom. The lowest BCUT2D eigenvalue weighted by molar-refractivity contribution is 0.632. The summed E-state index contributed by atoms with van der Waals surface area (Å²) in [6.45, 7) is 0. The highest BCUT2D eigenvalue weighted by Gasteiger charge is 2.25. The fourth-order valence-corrected chi connectivity index (χ4v) is 7.92. The van der Waals surface area contributed by atoms with E-state index in [2.05, 4.69) is 121 Å². The van der Waals surface area contributed by atoms with Crippen LogP contribution in [0.3, 0.4) is 0 Å². The van der Waals surface area contributed by atoms with Crippen LogP contribution in [-0.2, 0) is 0 Å². The number of benzene rings is 8. The maximum absolute atomic E-state index is 6.82. The molecule has 0 atom stereocenters. The molecule has 3 nitrogen and oxygen atoms in total. The Labute approximate surface area is 267 Å². The van der Waals surface area contributed by atoms with Crippen LogP contribution in [0.2, 0.25) is 0 Å². The maximum Gasteiger partial charge on any atom is 0.182 e. The molecule has 3 heteroatoms. The van der Waals surface area contributed by atoms with Gasteiger partial charge in [0.25, 0.3) is 0 Å². The van der Waals surface area contributed by atoms with Crippen LogP contribution in [0.1, 0.15) is 0 Å². The van der Waals surface area contributed by atoms with E-state index in [1.165, 1.54) is 38.2 Å². The molecule has 0 unspecified atom stereocenters. The Kier molecular flexibility index (Phi) is 4.84. The molecule has 218 valence electrons. The molecule has 0 aliphatic rings. The van der Waals surface area contributed by atoms with E-state index in [0.29, 0.717) is 5.58 Å². The zero-order chi connectivity index (χ0) is 30.6. The highest BCUT2D eigenvalue weighted by molar-refractivity contribution is 6.37. The third kappa shape index (κ3) is 3.30. The fraction of sp³-hybridized carbons (Fsp3) is 0. The van der Waals surface area contributed by atoms with E-state index >= 15 is 0 Å². The molecule has 3 aromatic heterocycles. The molecule has 11 rings (SSSR count). The molecule has 0 radical (unpaired) electrons. The molecule has 11 aromatic rings. The first-order valence-electron chi connectivity index (χ1n) is 15.9. The lowest BCUT2D eigenvalue weighted by Crippen LogP contribution is -1.90. The van der Waals surface area contributed by atoms with Crippen LogP contribution in [0.15, 0.2) is 159 Å². The summed E-state index contributed by atoms with van der Waals surface area (Å²) in [6.07, 6.45) is 0. The summed E-state index contributed by atoms with van der Waals surface area (Å²) in [4.78, 5) is 0. The summed E-state index contributed by atoms with van der Waals surface area (Å²) in [7, 11) is 0. The first kappa shape index (κ1) is 24.9. The van der Waals surface area contributed by atoms with Crippen molar-refractivity contribution in [2.24, 2.45) is 0 Å². The van der Waals surface area contributed by atoms with Gasteiger partial charge in [-0.2, -0.15) is 0 Å². The second-order valence-corrected chi connectivity index (χ2v) is 12.3. The first-order chi connectivity index (χ1) is 23.3. The Morgan fingerprint density at radius 3 is 1.32 bits per heavy atom. The van der Waals surface area contributed by atoms with E-state index in [0.717, 1.165) is 65.8 Å². The minimum absolute atomic E-state index is 0.712. The molecule has 0 N–H and O–H groups in total. The topological polar surface area (TPSA) is 39.4 Å². The fourth-order valence-electron chi connectivity index (χ4n) is 7.92. The van der Waals surface area contributed by atoms with Crippen molar-refractivity contribution in [1.82, 2.24) is 0 Å². The van der Waals surface area contributed by atoms with Gasteiger partial charge in [0.15, 0.2) is 11.2 Å². The van der Waals surface area contributed by atoms with Crippen LogP contribution in [0.4, 0.5) is 0 Å². The van der Waals surface area contributed by atoms with Gasteiger partial charge >= 0.3 is 0 Å². The van der Waals surface area contributed by atoms with E-state index in [9.17, 15) is 0 Å². The predicted octanol–water partition coefficient (Wildman–Crippen LogP) is 13.0. The largest absolute Gasteiger partial charge is 0.455 e. The van der Waals surface area contributed by atoms with Gasteiger partial charge in [0.2, 0.25) is 0 Å². The van der Waals surface area contributed by atoms with Crippen LogP contribution in [0.5, 0.6) is 0 Å². The molecule has 0 saturated heterocycles. The molecule has 8 aromatic carbocycles. The molecule has 0 saturated carbocycles. The van der Waals surface area contributed by atoms with Crippen LogP contribution in [0.25, 0.3) is 110 Å². The maximum atomic E-state index is 6.82. The van der Waals surface area contributed by atoms with Gasteiger partial charge in [-0.1, -0.05) is 121 Å². The number of fused-ring (bicyclic) bond motifs is 14. The van der Waals surface area contributed by atoms with E-state index in [1.807, 2.05) is 24.3 Å².